The molecule has 11 heavy (non-hydrogen) atoms. The Morgan fingerprint density at radius 1 is 1.18 bits per heavy atom. The molecule has 1 rings (SSSR count). The van der Waals surface area contributed by atoms with Crippen LogP contribution in [-0.2, 0) is 0 Å². The Kier molecular flexibility index (Phi) is 2.83. The van der Waals surface area contributed by atoms with Crippen LogP contribution in [0.3, 0.4) is 0 Å². The van der Waals surface area contributed by atoms with Crippen molar-refractivity contribution in [3.8, 4) is 0 Å². The lowest BCUT2D eigenvalue weighted by Crippen LogP contribution is -2.19. The first-order valence-electron chi connectivity index (χ1n) is 3.75. The Morgan fingerprint density at radius 3 is 2.18 bits per heavy atom. The second-order valence-corrected chi connectivity index (χ2v) is 3.20. The SMILES string of the molecule is CC(C)N(S)c1ccccc1. The Hall–Kier alpha value is -0.630. The van der Waals surface area contributed by atoms with Crippen LogP contribution < -0.4 is 4.31 Å². The van der Waals surface area contributed by atoms with Gasteiger partial charge in [0.05, 0.1) is 0 Å². The molecule has 0 aliphatic heterocycles. The lowest BCUT2D eigenvalue weighted by Gasteiger charge is -2.21. The Balaban J connectivity index is 2.77. The van der Waals surface area contributed by atoms with Crippen molar-refractivity contribution in [2.75, 3.05) is 4.31 Å². The van der Waals surface area contributed by atoms with E-state index in [1.807, 2.05) is 34.6 Å². The van der Waals surface area contributed by atoms with Crippen LogP contribution in [0.2, 0.25) is 0 Å². The molecule has 0 radical (unpaired) electrons. The van der Waals surface area contributed by atoms with Gasteiger partial charge < -0.3 is 4.31 Å². The average molecular weight is 167 g/mol. The van der Waals surface area contributed by atoms with Gasteiger partial charge >= 0.3 is 0 Å². The summed E-state index contributed by atoms with van der Waals surface area (Å²) < 4.78 is 1.94. The average Bonchev–Trinajstić information content (AvgIpc) is 2.05. The molecular formula is C9H13NS. The quantitative estimate of drug-likeness (QED) is 0.663. The summed E-state index contributed by atoms with van der Waals surface area (Å²) >= 11 is 4.35. The van der Waals surface area contributed by atoms with E-state index >= 15 is 0 Å². The van der Waals surface area contributed by atoms with E-state index in [0.29, 0.717) is 6.04 Å². The highest BCUT2D eigenvalue weighted by atomic mass is 32.1. The predicted molar refractivity (Wildman–Crippen MR) is 53.0 cm³/mol. The third kappa shape index (κ3) is 2.15. The van der Waals surface area contributed by atoms with Crippen molar-refractivity contribution in [2.45, 2.75) is 19.9 Å². The standard InChI is InChI=1S/C9H13NS/c1-8(2)10(11)9-6-4-3-5-7-9/h3-8,11H,1-2H3. The van der Waals surface area contributed by atoms with E-state index in [4.69, 9.17) is 0 Å². The number of hydrogen-bond donors (Lipinski definition) is 1. The van der Waals surface area contributed by atoms with Crippen LogP contribution in [0.25, 0.3) is 0 Å². The molecule has 0 aliphatic carbocycles. The highest BCUT2D eigenvalue weighted by Crippen LogP contribution is 2.17. The van der Waals surface area contributed by atoms with Gasteiger partial charge in [-0.25, -0.2) is 0 Å². The molecule has 0 amide bonds. The maximum absolute atomic E-state index is 4.35. The first-order chi connectivity index (χ1) is 5.22. The number of nitrogens with zero attached hydrogens (tertiary/aromatic N) is 1. The first-order valence-corrected chi connectivity index (χ1v) is 4.15. The number of anilines is 1. The summed E-state index contributed by atoms with van der Waals surface area (Å²) in [7, 11) is 0. The summed E-state index contributed by atoms with van der Waals surface area (Å²) in [4.78, 5) is 0. The van der Waals surface area contributed by atoms with E-state index in [9.17, 15) is 0 Å². The second-order valence-electron chi connectivity index (χ2n) is 2.77. The topological polar surface area (TPSA) is 3.24 Å². The smallest absolute Gasteiger partial charge is 0.0470 e. The number of thiol groups is 1. The fourth-order valence-corrected chi connectivity index (χ4v) is 1.01. The van der Waals surface area contributed by atoms with Gasteiger partial charge in [-0.15, -0.1) is 0 Å². The number of para-hydroxylation sites is 1. The third-order valence-electron chi connectivity index (χ3n) is 1.51. The summed E-state index contributed by atoms with van der Waals surface area (Å²) in [5.74, 6) is 0. The molecule has 1 aromatic carbocycles. The van der Waals surface area contributed by atoms with Crippen LogP contribution in [0.4, 0.5) is 5.69 Å². The van der Waals surface area contributed by atoms with Gasteiger partial charge in [-0.05, 0) is 26.0 Å². The number of benzene rings is 1. The molecule has 1 aromatic rings. The van der Waals surface area contributed by atoms with Gasteiger partial charge in [0.2, 0.25) is 0 Å². The highest BCUT2D eigenvalue weighted by Gasteiger charge is 2.03. The van der Waals surface area contributed by atoms with Crippen molar-refractivity contribution in [3.05, 3.63) is 30.3 Å². The molecule has 0 heterocycles. The summed E-state index contributed by atoms with van der Waals surface area (Å²) in [6, 6.07) is 10.6. The van der Waals surface area contributed by atoms with E-state index in [-0.39, 0.29) is 0 Å². The summed E-state index contributed by atoms with van der Waals surface area (Å²) in [6.45, 7) is 4.22. The molecular weight excluding hydrogens is 154 g/mol. The lowest BCUT2D eigenvalue weighted by atomic mass is 10.3. The molecule has 0 saturated heterocycles. The first kappa shape index (κ1) is 8.47. The maximum atomic E-state index is 4.35. The summed E-state index contributed by atoms with van der Waals surface area (Å²) in [5, 5.41) is 0. The molecule has 0 spiro atoms. The Morgan fingerprint density at radius 2 is 1.73 bits per heavy atom. The molecule has 0 unspecified atom stereocenters. The van der Waals surface area contributed by atoms with Crippen LogP contribution >= 0.6 is 12.8 Å². The normalized spacial score (nSPS) is 10.2. The van der Waals surface area contributed by atoms with E-state index in [1.165, 1.54) is 0 Å². The lowest BCUT2D eigenvalue weighted by molar-refractivity contribution is 0.840. The predicted octanol–water partition coefficient (Wildman–Crippen LogP) is 2.75. The Bertz CT molecular complexity index is 208. The zero-order chi connectivity index (χ0) is 8.27. The monoisotopic (exact) mass is 167 g/mol. The minimum absolute atomic E-state index is 0.431. The van der Waals surface area contributed by atoms with E-state index in [1.54, 1.807) is 0 Å². The van der Waals surface area contributed by atoms with Gasteiger partial charge in [0.15, 0.2) is 0 Å². The van der Waals surface area contributed by atoms with Crippen molar-refractivity contribution in [1.29, 1.82) is 0 Å². The van der Waals surface area contributed by atoms with Gasteiger partial charge in [-0.3, -0.25) is 0 Å². The molecule has 60 valence electrons. The van der Waals surface area contributed by atoms with Crippen LogP contribution in [0.15, 0.2) is 30.3 Å². The maximum Gasteiger partial charge on any atom is 0.0470 e. The largest absolute Gasteiger partial charge is 0.316 e. The second kappa shape index (κ2) is 3.67. The fourth-order valence-electron chi connectivity index (χ4n) is 0.879. The van der Waals surface area contributed by atoms with E-state index < -0.39 is 0 Å². The van der Waals surface area contributed by atoms with Gasteiger partial charge in [-0.2, -0.15) is 0 Å². The van der Waals surface area contributed by atoms with Gasteiger partial charge in [-0.1, -0.05) is 31.0 Å². The van der Waals surface area contributed by atoms with Gasteiger partial charge in [0, 0.05) is 11.7 Å². The van der Waals surface area contributed by atoms with Gasteiger partial charge in [0.25, 0.3) is 0 Å². The summed E-state index contributed by atoms with van der Waals surface area (Å²) in [5.41, 5.74) is 1.14. The van der Waals surface area contributed by atoms with E-state index in [0.717, 1.165) is 5.69 Å². The molecule has 0 aliphatic rings. The van der Waals surface area contributed by atoms with Crippen molar-refractivity contribution in [2.24, 2.45) is 0 Å². The van der Waals surface area contributed by atoms with Crippen LogP contribution in [-0.4, -0.2) is 6.04 Å². The summed E-state index contributed by atoms with van der Waals surface area (Å²) in [6.07, 6.45) is 0. The molecule has 0 N–H and O–H groups in total. The van der Waals surface area contributed by atoms with Crippen LogP contribution in [0.5, 0.6) is 0 Å². The molecule has 1 nitrogen and oxygen atoms in total. The van der Waals surface area contributed by atoms with Crippen molar-refractivity contribution in [1.82, 2.24) is 0 Å². The third-order valence-corrected chi connectivity index (χ3v) is 2.20. The molecule has 0 aromatic heterocycles. The molecule has 0 bridgehead atoms. The van der Waals surface area contributed by atoms with E-state index in [2.05, 4.69) is 26.7 Å². The zero-order valence-corrected chi connectivity index (χ0v) is 7.75. The number of rotatable bonds is 2. The van der Waals surface area contributed by atoms with Crippen molar-refractivity contribution >= 4 is 18.5 Å². The fraction of sp³-hybridized carbons (Fsp3) is 0.333. The minimum atomic E-state index is 0.431. The van der Waals surface area contributed by atoms with Crippen molar-refractivity contribution in [3.63, 3.8) is 0 Å². The minimum Gasteiger partial charge on any atom is -0.316 e. The zero-order valence-electron chi connectivity index (χ0n) is 6.86. The van der Waals surface area contributed by atoms with Crippen molar-refractivity contribution < 1.29 is 0 Å². The van der Waals surface area contributed by atoms with Crippen LogP contribution in [0.1, 0.15) is 13.8 Å². The Labute approximate surface area is 73.6 Å². The molecule has 0 fully saturated rings. The number of hydrogen-bond acceptors (Lipinski definition) is 2. The van der Waals surface area contributed by atoms with Gasteiger partial charge in [0.1, 0.15) is 0 Å². The van der Waals surface area contributed by atoms with Crippen LogP contribution in [0, 0.1) is 0 Å². The molecule has 0 atom stereocenters. The molecule has 0 saturated carbocycles. The molecule has 2 heteroatoms. The highest BCUT2D eigenvalue weighted by molar-refractivity contribution is 7.81.